The summed E-state index contributed by atoms with van der Waals surface area (Å²) in [6, 6.07) is 1.72. The molecule has 1 fully saturated rings. The Hall–Kier alpha value is -1.85. The van der Waals surface area contributed by atoms with Gasteiger partial charge in [-0.1, -0.05) is 6.92 Å². The average Bonchev–Trinajstić information content (AvgIpc) is 2.45. The van der Waals surface area contributed by atoms with E-state index in [4.69, 9.17) is 9.84 Å². The summed E-state index contributed by atoms with van der Waals surface area (Å²) in [6.07, 6.45) is 4.14. The molecule has 1 aromatic heterocycles. The summed E-state index contributed by atoms with van der Waals surface area (Å²) < 4.78 is 5.47. The number of carboxylic acid groups (broad SMARTS) is 1. The van der Waals surface area contributed by atoms with Crippen molar-refractivity contribution >= 4 is 11.9 Å². The van der Waals surface area contributed by atoms with Crippen LogP contribution in [0.2, 0.25) is 0 Å². The molecule has 19 heavy (non-hydrogen) atoms. The number of carboxylic acids is 1. The Morgan fingerprint density at radius 3 is 3.21 bits per heavy atom. The van der Waals surface area contributed by atoms with Crippen LogP contribution in [0.3, 0.4) is 0 Å². The lowest BCUT2D eigenvalue weighted by molar-refractivity contribution is -0.141. The normalized spacial score (nSPS) is 19.2. The second-order valence-electron chi connectivity index (χ2n) is 4.67. The van der Waals surface area contributed by atoms with Crippen LogP contribution in [-0.4, -0.2) is 40.7 Å². The zero-order valence-corrected chi connectivity index (χ0v) is 11.1. The Morgan fingerprint density at radius 1 is 1.63 bits per heavy atom. The summed E-state index contributed by atoms with van der Waals surface area (Å²) in [4.78, 5) is 21.5. The average molecular weight is 265 g/mol. The van der Waals surface area contributed by atoms with Crippen molar-refractivity contribution in [3.8, 4) is 5.88 Å². The summed E-state index contributed by atoms with van der Waals surface area (Å²) in [5.41, 5.74) is 0. The molecule has 0 aliphatic carbocycles. The van der Waals surface area contributed by atoms with Crippen molar-refractivity contribution in [2.45, 2.75) is 26.2 Å². The number of ether oxygens (including phenoxy) is 1. The van der Waals surface area contributed by atoms with Gasteiger partial charge in [-0.3, -0.25) is 4.79 Å². The molecule has 0 spiro atoms. The van der Waals surface area contributed by atoms with Crippen molar-refractivity contribution in [3.63, 3.8) is 0 Å². The topological polar surface area (TPSA) is 75.5 Å². The van der Waals surface area contributed by atoms with E-state index in [1.807, 2.05) is 11.8 Å². The predicted octanol–water partition coefficient (Wildman–Crippen LogP) is 1.57. The molecule has 0 saturated carbocycles. The highest BCUT2D eigenvalue weighted by Gasteiger charge is 2.26. The van der Waals surface area contributed by atoms with Crippen LogP contribution in [0, 0.1) is 5.92 Å². The summed E-state index contributed by atoms with van der Waals surface area (Å²) in [7, 11) is 0. The Labute approximate surface area is 112 Å². The van der Waals surface area contributed by atoms with Crippen molar-refractivity contribution in [3.05, 3.63) is 12.3 Å². The summed E-state index contributed by atoms with van der Waals surface area (Å²) in [5.74, 6) is 0.0181. The third kappa shape index (κ3) is 3.56. The van der Waals surface area contributed by atoms with Crippen LogP contribution < -0.4 is 9.64 Å². The predicted molar refractivity (Wildman–Crippen MR) is 70.4 cm³/mol. The first-order valence-corrected chi connectivity index (χ1v) is 6.64. The van der Waals surface area contributed by atoms with Gasteiger partial charge in [0.25, 0.3) is 0 Å². The number of carbonyl (C=O) groups is 1. The van der Waals surface area contributed by atoms with Crippen LogP contribution in [0.15, 0.2) is 12.3 Å². The van der Waals surface area contributed by atoms with E-state index in [1.165, 1.54) is 0 Å². The number of hydrogen-bond acceptors (Lipinski definition) is 5. The smallest absolute Gasteiger partial charge is 0.308 e. The third-order valence-electron chi connectivity index (χ3n) is 3.12. The quantitative estimate of drug-likeness (QED) is 0.871. The minimum Gasteiger partial charge on any atom is -0.481 e. The third-order valence-corrected chi connectivity index (χ3v) is 3.12. The molecule has 1 atom stereocenters. The van der Waals surface area contributed by atoms with E-state index in [0.717, 1.165) is 25.8 Å². The van der Waals surface area contributed by atoms with E-state index in [0.29, 0.717) is 25.0 Å². The van der Waals surface area contributed by atoms with E-state index in [2.05, 4.69) is 9.97 Å². The lowest BCUT2D eigenvalue weighted by atomic mass is 9.99. The highest BCUT2D eigenvalue weighted by molar-refractivity contribution is 5.71. The van der Waals surface area contributed by atoms with E-state index >= 15 is 0 Å². The Balaban J connectivity index is 2.06. The molecule has 2 heterocycles. The maximum atomic E-state index is 11.0. The molecule has 104 valence electrons. The molecular formula is C13H19N3O3. The minimum absolute atomic E-state index is 0.336. The van der Waals surface area contributed by atoms with E-state index in [-0.39, 0.29) is 5.92 Å². The first kappa shape index (κ1) is 13.6. The van der Waals surface area contributed by atoms with Gasteiger partial charge in [-0.2, -0.15) is 4.98 Å². The second-order valence-corrected chi connectivity index (χ2v) is 4.67. The van der Waals surface area contributed by atoms with E-state index in [9.17, 15) is 4.79 Å². The molecule has 2 rings (SSSR count). The number of anilines is 1. The zero-order chi connectivity index (χ0) is 13.7. The summed E-state index contributed by atoms with van der Waals surface area (Å²) >= 11 is 0. The maximum Gasteiger partial charge on any atom is 0.308 e. The lowest BCUT2D eigenvalue weighted by Crippen LogP contribution is -2.39. The molecule has 0 bridgehead atoms. The van der Waals surface area contributed by atoms with Gasteiger partial charge < -0.3 is 14.7 Å². The van der Waals surface area contributed by atoms with Crippen LogP contribution in [0.1, 0.15) is 26.2 Å². The molecule has 6 nitrogen and oxygen atoms in total. The summed E-state index contributed by atoms with van der Waals surface area (Å²) in [6.45, 7) is 3.91. The fourth-order valence-corrected chi connectivity index (χ4v) is 2.13. The molecule has 1 aliphatic heterocycles. The number of rotatable bonds is 5. The van der Waals surface area contributed by atoms with E-state index in [1.54, 1.807) is 12.3 Å². The van der Waals surface area contributed by atoms with Crippen LogP contribution in [0.4, 0.5) is 5.95 Å². The highest BCUT2D eigenvalue weighted by Crippen LogP contribution is 2.21. The van der Waals surface area contributed by atoms with Crippen molar-refractivity contribution in [1.82, 2.24) is 9.97 Å². The monoisotopic (exact) mass is 265 g/mol. The molecule has 1 aliphatic rings. The molecule has 0 aromatic carbocycles. The fourth-order valence-electron chi connectivity index (χ4n) is 2.13. The molecule has 1 N–H and O–H groups in total. The molecule has 6 heteroatoms. The number of nitrogens with zero attached hydrogens (tertiary/aromatic N) is 3. The fraction of sp³-hybridized carbons (Fsp3) is 0.615. The van der Waals surface area contributed by atoms with Crippen molar-refractivity contribution in [1.29, 1.82) is 0 Å². The van der Waals surface area contributed by atoms with Gasteiger partial charge in [-0.15, -0.1) is 0 Å². The first-order valence-electron chi connectivity index (χ1n) is 6.64. The van der Waals surface area contributed by atoms with Gasteiger partial charge >= 0.3 is 5.97 Å². The van der Waals surface area contributed by atoms with Gasteiger partial charge in [-0.25, -0.2) is 4.98 Å². The van der Waals surface area contributed by atoms with Crippen molar-refractivity contribution < 1.29 is 14.6 Å². The molecule has 1 saturated heterocycles. The van der Waals surface area contributed by atoms with Gasteiger partial charge in [0.2, 0.25) is 11.8 Å². The van der Waals surface area contributed by atoms with Crippen LogP contribution >= 0.6 is 0 Å². The largest absolute Gasteiger partial charge is 0.481 e. The Kier molecular flexibility index (Phi) is 4.54. The Morgan fingerprint density at radius 2 is 2.47 bits per heavy atom. The van der Waals surface area contributed by atoms with Crippen LogP contribution in [0.5, 0.6) is 5.88 Å². The van der Waals surface area contributed by atoms with Gasteiger partial charge in [0.05, 0.1) is 12.5 Å². The Bertz CT molecular complexity index is 439. The number of hydrogen-bond donors (Lipinski definition) is 1. The highest BCUT2D eigenvalue weighted by atomic mass is 16.5. The minimum atomic E-state index is -0.747. The summed E-state index contributed by atoms with van der Waals surface area (Å²) in [5, 5.41) is 9.08. The van der Waals surface area contributed by atoms with Crippen LogP contribution in [0.25, 0.3) is 0 Å². The van der Waals surface area contributed by atoms with Gasteiger partial charge in [0, 0.05) is 25.4 Å². The molecule has 1 unspecified atom stereocenters. The van der Waals surface area contributed by atoms with Gasteiger partial charge in [0.1, 0.15) is 0 Å². The molecule has 0 amide bonds. The SMILES string of the molecule is CCCOc1ccnc(N2CCCC(C(=O)O)C2)n1. The van der Waals surface area contributed by atoms with E-state index < -0.39 is 5.97 Å². The number of piperidine rings is 1. The standard InChI is InChI=1S/C13H19N3O3/c1-2-8-19-11-5-6-14-13(15-11)16-7-3-4-10(9-16)12(17)18/h5-6,10H,2-4,7-9H2,1H3,(H,17,18). The van der Waals surface area contributed by atoms with Crippen LogP contribution in [-0.2, 0) is 4.79 Å². The number of aliphatic carboxylic acids is 1. The maximum absolute atomic E-state index is 11.0. The molecule has 0 radical (unpaired) electrons. The molecule has 1 aromatic rings. The zero-order valence-electron chi connectivity index (χ0n) is 11.1. The van der Waals surface area contributed by atoms with Gasteiger partial charge in [-0.05, 0) is 19.3 Å². The van der Waals surface area contributed by atoms with Crippen molar-refractivity contribution in [2.24, 2.45) is 5.92 Å². The lowest BCUT2D eigenvalue weighted by Gasteiger charge is -2.30. The molecular weight excluding hydrogens is 246 g/mol. The van der Waals surface area contributed by atoms with Gasteiger partial charge in [0.15, 0.2) is 0 Å². The van der Waals surface area contributed by atoms with Crippen molar-refractivity contribution in [2.75, 3.05) is 24.6 Å². The second kappa shape index (κ2) is 6.36. The first-order chi connectivity index (χ1) is 9.20. The number of aromatic nitrogens is 2.